The van der Waals surface area contributed by atoms with Gasteiger partial charge in [-0.25, -0.2) is 4.79 Å². The second-order valence-corrected chi connectivity index (χ2v) is 6.55. The first-order valence-corrected chi connectivity index (χ1v) is 7.25. The van der Waals surface area contributed by atoms with Crippen LogP contribution in [0.4, 0.5) is 4.79 Å². The highest BCUT2D eigenvalue weighted by Crippen LogP contribution is 2.33. The minimum atomic E-state index is -0.439. The summed E-state index contributed by atoms with van der Waals surface area (Å²) in [5.41, 5.74) is -0.439. The van der Waals surface area contributed by atoms with Gasteiger partial charge in [-0.1, -0.05) is 0 Å². The molecule has 2 atom stereocenters. The van der Waals surface area contributed by atoms with Crippen molar-refractivity contribution in [2.24, 2.45) is 5.92 Å². The molecule has 2 aliphatic rings. The topological polar surface area (TPSA) is 59.6 Å². The molecule has 0 radical (unpaired) electrons. The Morgan fingerprint density at radius 1 is 1.37 bits per heavy atom. The first-order chi connectivity index (χ1) is 8.94. The van der Waals surface area contributed by atoms with Gasteiger partial charge in [0.25, 0.3) is 0 Å². The van der Waals surface area contributed by atoms with Gasteiger partial charge in [-0.2, -0.15) is 0 Å². The molecule has 110 valence electrons. The fraction of sp³-hybridized carbons (Fsp3) is 0.929. The first-order valence-electron chi connectivity index (χ1n) is 7.25. The van der Waals surface area contributed by atoms with Crippen molar-refractivity contribution in [2.75, 3.05) is 19.8 Å². The molecule has 0 bridgehead atoms. The predicted octanol–water partition coefficient (Wildman–Crippen LogP) is 1.67. The highest BCUT2D eigenvalue weighted by atomic mass is 16.6. The number of hydrogen-bond donors (Lipinski definition) is 2. The van der Waals surface area contributed by atoms with Gasteiger partial charge < -0.3 is 20.1 Å². The SMILES string of the molecule is CC(C)(C)OC(=O)NC[C@H](N[C@H]1CCOC1)C1CC1. The molecule has 2 rings (SSSR count). The highest BCUT2D eigenvalue weighted by molar-refractivity contribution is 5.67. The lowest BCUT2D eigenvalue weighted by Gasteiger charge is -2.24. The molecule has 1 amide bonds. The minimum absolute atomic E-state index is 0.331. The summed E-state index contributed by atoms with van der Waals surface area (Å²) in [4.78, 5) is 11.7. The predicted molar refractivity (Wildman–Crippen MR) is 73.1 cm³/mol. The van der Waals surface area contributed by atoms with Crippen LogP contribution in [0.2, 0.25) is 0 Å². The fourth-order valence-corrected chi connectivity index (χ4v) is 2.34. The highest BCUT2D eigenvalue weighted by Gasteiger charge is 2.33. The Bertz CT molecular complexity index is 304. The summed E-state index contributed by atoms with van der Waals surface area (Å²) in [6, 6.07) is 0.783. The molecular weight excluding hydrogens is 244 g/mol. The van der Waals surface area contributed by atoms with Crippen LogP contribution >= 0.6 is 0 Å². The molecule has 2 N–H and O–H groups in total. The van der Waals surface area contributed by atoms with Gasteiger partial charge in [0.2, 0.25) is 0 Å². The monoisotopic (exact) mass is 270 g/mol. The van der Waals surface area contributed by atoms with E-state index >= 15 is 0 Å². The van der Waals surface area contributed by atoms with Crippen LogP contribution in [0.1, 0.15) is 40.0 Å². The molecule has 0 aromatic heterocycles. The van der Waals surface area contributed by atoms with Crippen molar-refractivity contribution >= 4 is 6.09 Å². The van der Waals surface area contributed by atoms with E-state index in [0.717, 1.165) is 19.6 Å². The Morgan fingerprint density at radius 2 is 2.11 bits per heavy atom. The second-order valence-electron chi connectivity index (χ2n) is 6.55. The minimum Gasteiger partial charge on any atom is -0.444 e. The van der Waals surface area contributed by atoms with Gasteiger partial charge in [-0.3, -0.25) is 0 Å². The van der Waals surface area contributed by atoms with Crippen molar-refractivity contribution in [3.05, 3.63) is 0 Å². The van der Waals surface area contributed by atoms with E-state index in [4.69, 9.17) is 9.47 Å². The Balaban J connectivity index is 1.72. The third kappa shape index (κ3) is 5.37. The fourth-order valence-electron chi connectivity index (χ4n) is 2.34. The lowest BCUT2D eigenvalue weighted by molar-refractivity contribution is 0.0520. The van der Waals surface area contributed by atoms with Crippen LogP contribution in [0.5, 0.6) is 0 Å². The van der Waals surface area contributed by atoms with Crippen LogP contribution in [0.3, 0.4) is 0 Å². The maximum atomic E-state index is 11.7. The second kappa shape index (κ2) is 6.09. The average Bonchev–Trinajstić information content (AvgIpc) is 3.00. The summed E-state index contributed by atoms with van der Waals surface area (Å²) in [5.74, 6) is 0.690. The van der Waals surface area contributed by atoms with Crippen LogP contribution in [0.15, 0.2) is 0 Å². The summed E-state index contributed by atoms with van der Waals surface area (Å²) in [5, 5.41) is 6.47. The molecule has 19 heavy (non-hydrogen) atoms. The summed E-state index contributed by atoms with van der Waals surface area (Å²) >= 11 is 0. The quantitative estimate of drug-likeness (QED) is 0.798. The molecule has 1 saturated carbocycles. The van der Waals surface area contributed by atoms with Crippen LogP contribution in [0, 0.1) is 5.92 Å². The molecule has 1 aliphatic carbocycles. The number of ether oxygens (including phenoxy) is 2. The van der Waals surface area contributed by atoms with Gasteiger partial charge in [0.1, 0.15) is 5.60 Å². The Hall–Kier alpha value is -0.810. The van der Waals surface area contributed by atoms with Crippen molar-refractivity contribution in [1.29, 1.82) is 0 Å². The van der Waals surface area contributed by atoms with Gasteiger partial charge in [0.05, 0.1) is 6.61 Å². The van der Waals surface area contributed by atoms with E-state index in [1.165, 1.54) is 12.8 Å². The molecular formula is C14H26N2O3. The lowest BCUT2D eigenvalue weighted by atomic mass is 10.1. The summed E-state index contributed by atoms with van der Waals surface area (Å²) in [6.07, 6.45) is 3.24. The van der Waals surface area contributed by atoms with Crippen molar-refractivity contribution in [3.63, 3.8) is 0 Å². The van der Waals surface area contributed by atoms with E-state index in [9.17, 15) is 4.79 Å². The zero-order valence-electron chi connectivity index (χ0n) is 12.2. The molecule has 5 nitrogen and oxygen atoms in total. The van der Waals surface area contributed by atoms with Gasteiger partial charge >= 0.3 is 6.09 Å². The zero-order valence-corrected chi connectivity index (χ0v) is 12.2. The molecule has 0 unspecified atom stereocenters. The normalized spacial score (nSPS) is 25.1. The van der Waals surface area contributed by atoms with Crippen molar-refractivity contribution in [3.8, 4) is 0 Å². The number of carbonyl (C=O) groups is 1. The number of alkyl carbamates (subject to hydrolysis) is 1. The van der Waals surface area contributed by atoms with Crippen LogP contribution in [-0.4, -0.2) is 43.5 Å². The molecule has 0 aromatic rings. The van der Waals surface area contributed by atoms with E-state index in [1.54, 1.807) is 0 Å². The van der Waals surface area contributed by atoms with Crippen molar-refractivity contribution in [1.82, 2.24) is 10.6 Å². The van der Waals surface area contributed by atoms with Crippen LogP contribution < -0.4 is 10.6 Å². The number of amides is 1. The third-order valence-corrected chi connectivity index (χ3v) is 3.44. The van der Waals surface area contributed by atoms with Crippen molar-refractivity contribution < 1.29 is 14.3 Å². The van der Waals surface area contributed by atoms with E-state index in [1.807, 2.05) is 20.8 Å². The molecule has 0 aromatic carbocycles. The largest absolute Gasteiger partial charge is 0.444 e. The number of hydrogen-bond acceptors (Lipinski definition) is 4. The standard InChI is InChI=1S/C14H26N2O3/c1-14(2,3)19-13(17)15-8-12(10-4-5-10)16-11-6-7-18-9-11/h10-12,16H,4-9H2,1-3H3,(H,15,17)/t11-,12-/m0/s1. The Labute approximate surface area is 115 Å². The van der Waals surface area contributed by atoms with Crippen LogP contribution in [0.25, 0.3) is 0 Å². The van der Waals surface area contributed by atoms with Crippen molar-refractivity contribution in [2.45, 2.75) is 57.7 Å². The summed E-state index contributed by atoms with van der Waals surface area (Å²) in [7, 11) is 0. The van der Waals surface area contributed by atoms with E-state index < -0.39 is 5.60 Å². The summed E-state index contributed by atoms with van der Waals surface area (Å²) < 4.78 is 10.6. The molecule has 1 aliphatic heterocycles. The zero-order chi connectivity index (χ0) is 13.9. The van der Waals surface area contributed by atoms with Crippen LogP contribution in [-0.2, 0) is 9.47 Å². The molecule has 2 fully saturated rings. The van der Waals surface area contributed by atoms with Gasteiger partial charge in [-0.15, -0.1) is 0 Å². The summed E-state index contributed by atoms with van der Waals surface area (Å²) in [6.45, 7) is 7.89. The van der Waals surface area contributed by atoms with E-state index in [0.29, 0.717) is 24.5 Å². The Morgan fingerprint density at radius 3 is 2.63 bits per heavy atom. The molecule has 1 saturated heterocycles. The first kappa shape index (κ1) is 14.6. The number of rotatable bonds is 5. The average molecular weight is 270 g/mol. The molecule has 5 heteroatoms. The van der Waals surface area contributed by atoms with E-state index in [2.05, 4.69) is 10.6 Å². The smallest absolute Gasteiger partial charge is 0.407 e. The molecule has 0 spiro atoms. The maximum absolute atomic E-state index is 11.7. The van der Waals surface area contributed by atoms with Gasteiger partial charge in [0.15, 0.2) is 0 Å². The third-order valence-electron chi connectivity index (χ3n) is 3.44. The lowest BCUT2D eigenvalue weighted by Crippen LogP contribution is -2.47. The Kier molecular flexibility index (Phi) is 4.68. The number of carbonyl (C=O) groups excluding carboxylic acids is 1. The van der Waals surface area contributed by atoms with E-state index in [-0.39, 0.29) is 6.09 Å². The number of nitrogens with one attached hydrogen (secondary N) is 2. The molecule has 1 heterocycles. The maximum Gasteiger partial charge on any atom is 0.407 e. The van der Waals surface area contributed by atoms with Gasteiger partial charge in [0, 0.05) is 25.2 Å². The van der Waals surface area contributed by atoms with Gasteiger partial charge in [-0.05, 0) is 46.0 Å².